The number of aryl methyl sites for hydroxylation is 1. The Bertz CT molecular complexity index is 633. The van der Waals surface area contributed by atoms with Crippen molar-refractivity contribution in [3.63, 3.8) is 0 Å². The molecule has 22 heavy (non-hydrogen) atoms. The highest BCUT2D eigenvalue weighted by atomic mass is 32.2. The Hall–Kier alpha value is -0.920. The van der Waals surface area contributed by atoms with Gasteiger partial charge in [-0.2, -0.15) is 9.40 Å². The molecular formula is C15H27N3O3S. The predicted molar refractivity (Wildman–Crippen MR) is 85.1 cm³/mol. The zero-order valence-corrected chi connectivity index (χ0v) is 14.9. The third kappa shape index (κ3) is 3.52. The van der Waals surface area contributed by atoms with E-state index < -0.39 is 16.1 Å². The van der Waals surface area contributed by atoms with E-state index in [4.69, 9.17) is 0 Å². The number of hydrogen-bond acceptors (Lipinski definition) is 4. The van der Waals surface area contributed by atoms with Gasteiger partial charge >= 0.3 is 0 Å². The lowest BCUT2D eigenvalue weighted by Gasteiger charge is -2.20. The molecule has 0 amide bonds. The highest BCUT2D eigenvalue weighted by Gasteiger charge is 2.35. The van der Waals surface area contributed by atoms with E-state index in [9.17, 15) is 13.5 Å². The summed E-state index contributed by atoms with van der Waals surface area (Å²) in [5.41, 5.74) is 1.19. The minimum Gasteiger partial charge on any atom is -0.391 e. The van der Waals surface area contributed by atoms with Gasteiger partial charge in [0.05, 0.1) is 17.5 Å². The van der Waals surface area contributed by atoms with E-state index in [1.54, 1.807) is 18.5 Å². The number of likely N-dealkylation sites (N-methyl/N-ethyl adjacent to an activating group) is 1. The van der Waals surface area contributed by atoms with Gasteiger partial charge in [-0.25, -0.2) is 8.42 Å². The van der Waals surface area contributed by atoms with Crippen LogP contribution in [0.25, 0.3) is 0 Å². The van der Waals surface area contributed by atoms with Crippen LogP contribution < -0.4 is 0 Å². The molecule has 7 heteroatoms. The maximum absolute atomic E-state index is 12.8. The average Bonchev–Trinajstić information content (AvgIpc) is 3.17. The van der Waals surface area contributed by atoms with E-state index in [0.717, 1.165) is 12.8 Å². The fourth-order valence-corrected chi connectivity index (χ4v) is 4.28. The number of aliphatic hydroxyl groups is 1. The molecule has 1 aliphatic carbocycles. The monoisotopic (exact) mass is 329 g/mol. The van der Waals surface area contributed by atoms with Crippen molar-refractivity contribution in [1.29, 1.82) is 0 Å². The van der Waals surface area contributed by atoms with Crippen LogP contribution in [0.4, 0.5) is 0 Å². The van der Waals surface area contributed by atoms with Crippen molar-refractivity contribution in [3.8, 4) is 0 Å². The van der Waals surface area contributed by atoms with Gasteiger partial charge in [-0.1, -0.05) is 13.8 Å². The quantitative estimate of drug-likeness (QED) is 0.823. The highest BCUT2D eigenvalue weighted by Crippen LogP contribution is 2.33. The Morgan fingerprint density at radius 1 is 1.36 bits per heavy atom. The van der Waals surface area contributed by atoms with Crippen molar-refractivity contribution in [3.05, 3.63) is 11.4 Å². The Labute approximate surface area is 133 Å². The van der Waals surface area contributed by atoms with Gasteiger partial charge in [0.25, 0.3) is 0 Å². The Morgan fingerprint density at radius 2 is 1.95 bits per heavy atom. The third-order valence-electron chi connectivity index (χ3n) is 4.13. The standard InChI is InChI=1S/C15H27N3O3S/c1-10(2)8-18-12(4)15(11(3)16-18)22(20,21)17(5)9-14(19)13-6-7-13/h10,13-14,19H,6-9H2,1-5H3. The molecule has 1 aliphatic rings. The first-order valence-corrected chi connectivity index (χ1v) is 9.27. The summed E-state index contributed by atoms with van der Waals surface area (Å²) in [5.74, 6) is 0.645. The number of rotatable bonds is 7. The Morgan fingerprint density at radius 3 is 2.45 bits per heavy atom. The highest BCUT2D eigenvalue weighted by molar-refractivity contribution is 7.89. The minimum atomic E-state index is -3.63. The van der Waals surface area contributed by atoms with Gasteiger partial charge in [0.15, 0.2) is 0 Å². The van der Waals surface area contributed by atoms with Gasteiger partial charge in [-0.3, -0.25) is 4.68 Å². The summed E-state index contributed by atoms with van der Waals surface area (Å²) in [6, 6.07) is 0. The van der Waals surface area contributed by atoms with Crippen LogP contribution in [0.5, 0.6) is 0 Å². The molecule has 1 aromatic rings. The third-order valence-corrected chi connectivity index (χ3v) is 6.21. The molecule has 1 N–H and O–H groups in total. The molecule has 0 bridgehead atoms. The van der Waals surface area contributed by atoms with Crippen molar-refractivity contribution < 1.29 is 13.5 Å². The molecule has 1 aromatic heterocycles. The molecule has 0 spiro atoms. The second-order valence-electron chi connectivity index (χ2n) is 6.77. The van der Waals surface area contributed by atoms with Gasteiger partial charge < -0.3 is 5.11 Å². The summed E-state index contributed by atoms with van der Waals surface area (Å²) >= 11 is 0. The normalized spacial score (nSPS) is 17.5. The van der Waals surface area contributed by atoms with E-state index in [1.807, 2.05) is 0 Å². The molecule has 0 saturated heterocycles. The molecule has 0 radical (unpaired) electrons. The molecule has 1 heterocycles. The number of aliphatic hydroxyl groups excluding tert-OH is 1. The molecule has 1 atom stereocenters. The van der Waals surface area contributed by atoms with Crippen molar-refractivity contribution >= 4 is 10.0 Å². The van der Waals surface area contributed by atoms with Gasteiger partial charge in [0.2, 0.25) is 10.0 Å². The molecule has 0 aliphatic heterocycles. The fourth-order valence-electron chi connectivity index (χ4n) is 2.72. The molecule has 2 rings (SSSR count). The van der Waals surface area contributed by atoms with Crippen LogP contribution >= 0.6 is 0 Å². The maximum Gasteiger partial charge on any atom is 0.246 e. The van der Waals surface area contributed by atoms with E-state index in [0.29, 0.717) is 23.9 Å². The average molecular weight is 329 g/mol. The number of nitrogens with zero attached hydrogens (tertiary/aromatic N) is 3. The molecule has 6 nitrogen and oxygen atoms in total. The van der Waals surface area contributed by atoms with Crippen LogP contribution in [-0.4, -0.2) is 47.3 Å². The summed E-state index contributed by atoms with van der Waals surface area (Å²) in [6.07, 6.45) is 1.39. The van der Waals surface area contributed by atoms with E-state index in [2.05, 4.69) is 18.9 Å². The molecule has 0 aromatic carbocycles. The lowest BCUT2D eigenvalue weighted by Crippen LogP contribution is -2.35. The lowest BCUT2D eigenvalue weighted by atomic mass is 10.2. The van der Waals surface area contributed by atoms with Gasteiger partial charge in [-0.15, -0.1) is 0 Å². The van der Waals surface area contributed by atoms with E-state index in [1.165, 1.54) is 11.4 Å². The summed E-state index contributed by atoms with van der Waals surface area (Å²) in [6.45, 7) is 8.49. The number of sulfonamides is 1. The van der Waals surface area contributed by atoms with Gasteiger partial charge in [0.1, 0.15) is 4.90 Å². The smallest absolute Gasteiger partial charge is 0.246 e. The summed E-state index contributed by atoms with van der Waals surface area (Å²) in [7, 11) is -2.10. The Kier molecular flexibility index (Phi) is 4.99. The summed E-state index contributed by atoms with van der Waals surface area (Å²) in [4.78, 5) is 0.277. The van der Waals surface area contributed by atoms with Crippen LogP contribution in [-0.2, 0) is 16.6 Å². The number of aromatic nitrogens is 2. The topological polar surface area (TPSA) is 75.4 Å². The van der Waals surface area contributed by atoms with Crippen LogP contribution in [0.15, 0.2) is 4.90 Å². The largest absolute Gasteiger partial charge is 0.391 e. The van der Waals surface area contributed by atoms with Crippen LogP contribution in [0.3, 0.4) is 0 Å². The van der Waals surface area contributed by atoms with Gasteiger partial charge in [-0.05, 0) is 38.5 Å². The van der Waals surface area contributed by atoms with Crippen molar-refractivity contribution in [2.24, 2.45) is 11.8 Å². The van der Waals surface area contributed by atoms with Crippen molar-refractivity contribution in [2.75, 3.05) is 13.6 Å². The molecular weight excluding hydrogens is 302 g/mol. The van der Waals surface area contributed by atoms with Crippen LogP contribution in [0.1, 0.15) is 38.1 Å². The first-order chi connectivity index (χ1) is 10.1. The minimum absolute atomic E-state index is 0.140. The summed E-state index contributed by atoms with van der Waals surface area (Å²) in [5, 5.41) is 14.4. The first-order valence-electron chi connectivity index (χ1n) is 7.83. The van der Waals surface area contributed by atoms with Crippen molar-refractivity contribution in [1.82, 2.24) is 14.1 Å². The number of hydrogen-bond donors (Lipinski definition) is 1. The molecule has 1 unspecified atom stereocenters. The maximum atomic E-state index is 12.8. The van der Waals surface area contributed by atoms with Crippen molar-refractivity contribution in [2.45, 2.75) is 58.1 Å². The van der Waals surface area contributed by atoms with Gasteiger partial charge in [0, 0.05) is 20.1 Å². The second kappa shape index (κ2) is 6.29. The SMILES string of the molecule is Cc1nn(CC(C)C)c(C)c1S(=O)(=O)N(C)CC(O)C1CC1. The summed E-state index contributed by atoms with van der Waals surface area (Å²) < 4.78 is 28.6. The zero-order chi connectivity index (χ0) is 16.7. The fraction of sp³-hybridized carbons (Fsp3) is 0.800. The predicted octanol–water partition coefficient (Wildman–Crippen LogP) is 1.55. The van der Waals surface area contributed by atoms with Crippen LogP contribution in [0, 0.1) is 25.7 Å². The van der Waals surface area contributed by atoms with E-state index >= 15 is 0 Å². The Balaban J connectivity index is 2.26. The second-order valence-corrected chi connectivity index (χ2v) is 8.75. The van der Waals surface area contributed by atoms with E-state index in [-0.39, 0.29) is 17.4 Å². The molecule has 126 valence electrons. The van der Waals surface area contributed by atoms with Crippen LogP contribution in [0.2, 0.25) is 0 Å². The lowest BCUT2D eigenvalue weighted by molar-refractivity contribution is 0.131. The molecule has 1 saturated carbocycles. The zero-order valence-electron chi connectivity index (χ0n) is 14.1. The molecule has 1 fully saturated rings. The first kappa shape index (κ1) is 17.4.